The molecular weight excluding hydrogens is 186 g/mol. The maximum Gasteiger partial charge on any atom is 0.122 e. The lowest BCUT2D eigenvalue weighted by Crippen LogP contribution is -2.12. The van der Waals surface area contributed by atoms with Gasteiger partial charge in [-0.2, -0.15) is 0 Å². The van der Waals surface area contributed by atoms with Gasteiger partial charge in [0.25, 0.3) is 0 Å². The van der Waals surface area contributed by atoms with Crippen molar-refractivity contribution in [2.45, 2.75) is 32.7 Å². The first-order valence-corrected chi connectivity index (χ1v) is 5.78. The second-order valence-electron chi connectivity index (χ2n) is 4.11. The van der Waals surface area contributed by atoms with Gasteiger partial charge in [-0.1, -0.05) is 12.1 Å². The summed E-state index contributed by atoms with van der Waals surface area (Å²) >= 11 is 0. The zero-order valence-corrected chi connectivity index (χ0v) is 9.55. The molecule has 2 heteroatoms. The van der Waals surface area contributed by atoms with Crippen LogP contribution in [0.4, 0.5) is 0 Å². The Hall–Kier alpha value is -1.02. The summed E-state index contributed by atoms with van der Waals surface area (Å²) in [6.07, 6.45) is 2.55. The lowest BCUT2D eigenvalue weighted by atomic mass is 10.0. The molecule has 1 aliphatic heterocycles. The molecule has 1 fully saturated rings. The molecule has 82 valence electrons. The van der Waals surface area contributed by atoms with E-state index in [9.17, 15) is 0 Å². The van der Waals surface area contributed by atoms with E-state index in [1.165, 1.54) is 24.0 Å². The van der Waals surface area contributed by atoms with E-state index in [1.807, 2.05) is 6.92 Å². The van der Waals surface area contributed by atoms with Crippen molar-refractivity contribution < 1.29 is 4.74 Å². The lowest BCUT2D eigenvalue weighted by molar-refractivity contribution is 0.337. The van der Waals surface area contributed by atoms with Crippen LogP contribution >= 0.6 is 0 Å². The summed E-state index contributed by atoms with van der Waals surface area (Å²) in [4.78, 5) is 0. The lowest BCUT2D eigenvalue weighted by Gasteiger charge is -2.13. The van der Waals surface area contributed by atoms with E-state index in [2.05, 4.69) is 30.4 Å². The van der Waals surface area contributed by atoms with Crippen molar-refractivity contribution in [1.82, 2.24) is 5.32 Å². The van der Waals surface area contributed by atoms with Gasteiger partial charge in [0.2, 0.25) is 0 Å². The fourth-order valence-corrected chi connectivity index (χ4v) is 2.18. The number of benzene rings is 1. The predicted molar refractivity (Wildman–Crippen MR) is 62.3 cm³/mol. The topological polar surface area (TPSA) is 21.3 Å². The summed E-state index contributed by atoms with van der Waals surface area (Å²) in [5.41, 5.74) is 2.64. The van der Waals surface area contributed by atoms with E-state index in [0.29, 0.717) is 6.04 Å². The molecule has 1 saturated heterocycles. The van der Waals surface area contributed by atoms with Crippen LogP contribution in [0.2, 0.25) is 0 Å². The average Bonchev–Trinajstić information content (AvgIpc) is 2.74. The van der Waals surface area contributed by atoms with Crippen LogP contribution in [0.1, 0.15) is 36.9 Å². The second-order valence-corrected chi connectivity index (χ2v) is 4.11. The summed E-state index contributed by atoms with van der Waals surface area (Å²) < 4.78 is 5.53. The monoisotopic (exact) mass is 205 g/mol. The number of hydrogen-bond acceptors (Lipinski definition) is 2. The van der Waals surface area contributed by atoms with Crippen molar-refractivity contribution in [3.05, 3.63) is 29.3 Å². The summed E-state index contributed by atoms with van der Waals surface area (Å²) in [7, 11) is 0. The van der Waals surface area contributed by atoms with E-state index in [-0.39, 0.29) is 0 Å². The van der Waals surface area contributed by atoms with E-state index in [1.54, 1.807) is 0 Å². The molecule has 0 spiro atoms. The molecule has 1 N–H and O–H groups in total. The molecule has 0 bridgehead atoms. The highest BCUT2D eigenvalue weighted by atomic mass is 16.5. The molecule has 1 aromatic rings. The van der Waals surface area contributed by atoms with Crippen molar-refractivity contribution in [3.63, 3.8) is 0 Å². The highest BCUT2D eigenvalue weighted by Gasteiger charge is 2.16. The van der Waals surface area contributed by atoms with Gasteiger partial charge in [0.15, 0.2) is 0 Å². The third-order valence-electron chi connectivity index (χ3n) is 2.96. The van der Waals surface area contributed by atoms with E-state index >= 15 is 0 Å². The van der Waals surface area contributed by atoms with Gasteiger partial charge in [0.1, 0.15) is 5.75 Å². The van der Waals surface area contributed by atoms with Crippen molar-refractivity contribution in [2.24, 2.45) is 0 Å². The second kappa shape index (κ2) is 4.67. The minimum Gasteiger partial charge on any atom is -0.494 e. The van der Waals surface area contributed by atoms with Crippen LogP contribution in [-0.4, -0.2) is 13.2 Å². The van der Waals surface area contributed by atoms with E-state index in [0.717, 1.165) is 18.9 Å². The summed E-state index contributed by atoms with van der Waals surface area (Å²) in [6, 6.07) is 7.07. The van der Waals surface area contributed by atoms with Gasteiger partial charge < -0.3 is 10.1 Å². The van der Waals surface area contributed by atoms with Crippen LogP contribution in [0.15, 0.2) is 18.2 Å². The van der Waals surface area contributed by atoms with E-state index < -0.39 is 0 Å². The van der Waals surface area contributed by atoms with Gasteiger partial charge in [-0.15, -0.1) is 0 Å². The smallest absolute Gasteiger partial charge is 0.122 e. The molecule has 1 unspecified atom stereocenters. The first-order valence-electron chi connectivity index (χ1n) is 5.78. The fraction of sp³-hybridized carbons (Fsp3) is 0.538. The number of rotatable bonds is 3. The molecular formula is C13H19NO. The molecule has 1 heterocycles. The Balaban J connectivity index is 2.16. The molecule has 1 aromatic carbocycles. The van der Waals surface area contributed by atoms with Gasteiger partial charge in [-0.3, -0.25) is 0 Å². The summed E-state index contributed by atoms with van der Waals surface area (Å²) in [5, 5.41) is 3.51. The molecule has 2 nitrogen and oxygen atoms in total. The summed E-state index contributed by atoms with van der Waals surface area (Å²) in [5.74, 6) is 1.01. The summed E-state index contributed by atoms with van der Waals surface area (Å²) in [6.45, 7) is 6.02. The predicted octanol–water partition coefficient (Wildman–Crippen LogP) is 2.82. The minimum absolute atomic E-state index is 0.555. The molecule has 15 heavy (non-hydrogen) atoms. The Morgan fingerprint density at radius 1 is 1.47 bits per heavy atom. The number of nitrogens with one attached hydrogen (secondary N) is 1. The van der Waals surface area contributed by atoms with Crippen LogP contribution in [0, 0.1) is 6.92 Å². The highest BCUT2D eigenvalue weighted by Crippen LogP contribution is 2.27. The van der Waals surface area contributed by atoms with Crippen molar-refractivity contribution in [3.8, 4) is 5.75 Å². The number of aryl methyl sites for hydroxylation is 1. The number of hydrogen-bond donors (Lipinski definition) is 1. The van der Waals surface area contributed by atoms with Gasteiger partial charge in [-0.05, 0) is 50.4 Å². The van der Waals surface area contributed by atoms with Crippen LogP contribution in [0.25, 0.3) is 0 Å². The quantitative estimate of drug-likeness (QED) is 0.819. The van der Waals surface area contributed by atoms with Crippen molar-refractivity contribution >= 4 is 0 Å². The molecule has 2 rings (SSSR count). The molecule has 0 aromatic heterocycles. The number of ether oxygens (including phenoxy) is 1. The molecule has 1 atom stereocenters. The Kier molecular flexibility index (Phi) is 3.27. The maximum atomic E-state index is 5.53. The minimum atomic E-state index is 0.555. The first kappa shape index (κ1) is 10.5. The normalized spacial score (nSPS) is 20.5. The van der Waals surface area contributed by atoms with Gasteiger partial charge >= 0.3 is 0 Å². The van der Waals surface area contributed by atoms with Crippen molar-refractivity contribution in [2.75, 3.05) is 13.2 Å². The third kappa shape index (κ3) is 2.32. The molecule has 0 saturated carbocycles. The Labute approximate surface area is 91.6 Å². The van der Waals surface area contributed by atoms with Crippen molar-refractivity contribution in [1.29, 1.82) is 0 Å². The Morgan fingerprint density at radius 3 is 2.93 bits per heavy atom. The third-order valence-corrected chi connectivity index (χ3v) is 2.96. The highest BCUT2D eigenvalue weighted by molar-refractivity contribution is 5.37. The van der Waals surface area contributed by atoms with Gasteiger partial charge in [-0.25, -0.2) is 0 Å². The largest absolute Gasteiger partial charge is 0.494 e. The van der Waals surface area contributed by atoms with Gasteiger partial charge in [0.05, 0.1) is 6.61 Å². The fourth-order valence-electron chi connectivity index (χ4n) is 2.18. The molecule has 1 aliphatic rings. The van der Waals surface area contributed by atoms with Crippen LogP contribution in [-0.2, 0) is 0 Å². The van der Waals surface area contributed by atoms with Gasteiger partial charge in [0, 0.05) is 6.04 Å². The average molecular weight is 205 g/mol. The molecule has 0 radical (unpaired) electrons. The van der Waals surface area contributed by atoms with E-state index in [4.69, 9.17) is 4.74 Å². The molecule has 0 amide bonds. The van der Waals surface area contributed by atoms with Crippen LogP contribution in [0.5, 0.6) is 5.75 Å². The molecule has 0 aliphatic carbocycles. The standard InChI is InChI=1S/C13H19NO/c1-3-15-13-7-6-11(9-10(13)2)12-5-4-8-14-12/h6-7,9,12,14H,3-5,8H2,1-2H3. The van der Waals surface area contributed by atoms with Crippen LogP contribution < -0.4 is 10.1 Å². The zero-order valence-electron chi connectivity index (χ0n) is 9.55. The first-order chi connectivity index (χ1) is 7.31. The SMILES string of the molecule is CCOc1ccc(C2CCCN2)cc1C. The zero-order chi connectivity index (χ0) is 10.7. The Morgan fingerprint density at radius 2 is 2.33 bits per heavy atom. The Bertz CT molecular complexity index is 329. The van der Waals surface area contributed by atoms with Crippen LogP contribution in [0.3, 0.4) is 0 Å². The maximum absolute atomic E-state index is 5.53.